The molecule has 0 aliphatic heterocycles. The molecule has 0 aromatic carbocycles. The average Bonchev–Trinajstić information content (AvgIpc) is 1.80. The van der Waals surface area contributed by atoms with Crippen molar-refractivity contribution in [2.45, 2.75) is 18.9 Å². The van der Waals surface area contributed by atoms with E-state index in [1.165, 1.54) is 6.92 Å². The second-order valence-electron chi connectivity index (χ2n) is 2.28. The van der Waals surface area contributed by atoms with E-state index in [1.54, 1.807) is 0 Å². The molecule has 0 atom stereocenters. The van der Waals surface area contributed by atoms with Gasteiger partial charge in [-0.25, -0.2) is 16.8 Å². The fraction of sp³-hybridized carbons (Fsp3) is 1.00. The van der Waals surface area contributed by atoms with Crippen LogP contribution in [0.25, 0.3) is 4.13 Å². The first kappa shape index (κ1) is 13.7. The molecule has 0 N–H and O–H groups in total. The van der Waals surface area contributed by atoms with Gasteiger partial charge in [0, 0.05) is 5.75 Å². The maximum absolute atomic E-state index is 11.7. The lowest BCUT2D eigenvalue weighted by molar-refractivity contribution is -0.0425. The summed E-state index contributed by atoms with van der Waals surface area (Å²) in [6, 6.07) is 0. The highest BCUT2D eigenvalue weighted by Crippen LogP contribution is 2.29. The summed E-state index contributed by atoms with van der Waals surface area (Å²) >= 11 is 0. The monoisotopic (exact) mass is 254 g/mol. The predicted octanol–water partition coefficient (Wildman–Crippen LogP) is 0.950. The summed E-state index contributed by atoms with van der Waals surface area (Å²) in [5, 5.41) is 0. The van der Waals surface area contributed by atoms with Gasteiger partial charge in [-0.3, -0.25) is 0 Å². The Hall–Kier alpha value is -0.350. The number of hydrogen-bond acceptors (Lipinski definition) is 4. The zero-order valence-corrected chi connectivity index (χ0v) is 8.58. The molecule has 0 spiro atoms. The van der Waals surface area contributed by atoms with Crippen LogP contribution in [0.4, 0.5) is 13.2 Å². The van der Waals surface area contributed by atoms with Crippen LogP contribution in [0.1, 0.15) is 13.3 Å². The van der Waals surface area contributed by atoms with Gasteiger partial charge >= 0.3 is 5.51 Å². The topological polar surface area (TPSA) is 82.4 Å². The molecule has 0 aromatic heterocycles. The molecule has 0 heterocycles. The summed E-state index contributed by atoms with van der Waals surface area (Å²) in [5.41, 5.74) is -5.67. The molecule has 0 saturated heterocycles. The van der Waals surface area contributed by atoms with Gasteiger partial charge < -0.3 is 4.13 Å². The molecule has 0 aliphatic rings. The molecule has 10 heteroatoms. The van der Waals surface area contributed by atoms with E-state index in [-0.39, 0.29) is 6.42 Å². The van der Waals surface area contributed by atoms with Crippen LogP contribution in [-0.2, 0) is 20.0 Å². The molecule has 0 radical (unpaired) electrons. The van der Waals surface area contributed by atoms with Crippen LogP contribution in [0.2, 0.25) is 0 Å². The first-order valence-electron chi connectivity index (χ1n) is 3.30. The van der Waals surface area contributed by atoms with Crippen molar-refractivity contribution < 1.29 is 30.0 Å². The van der Waals surface area contributed by atoms with Crippen LogP contribution in [0, 0.1) is 0 Å². The summed E-state index contributed by atoms with van der Waals surface area (Å²) in [6.45, 7) is 1.37. The maximum Gasteiger partial charge on any atom is 0.480 e. The van der Waals surface area contributed by atoms with Crippen molar-refractivity contribution in [2.75, 3.05) is 5.75 Å². The third-order valence-corrected chi connectivity index (χ3v) is 4.17. The summed E-state index contributed by atoms with van der Waals surface area (Å²) < 4.78 is 78.6. The molecular weight excluding hydrogens is 247 g/mol. The normalized spacial score (nSPS) is 14.3. The number of alkyl halides is 3. The van der Waals surface area contributed by atoms with E-state index < -0.39 is 31.3 Å². The quantitative estimate of drug-likeness (QED) is 0.747. The van der Waals surface area contributed by atoms with Gasteiger partial charge in [-0.1, -0.05) is 6.92 Å². The minimum absolute atomic E-state index is 0.0147. The number of sulfonamides is 2. The summed E-state index contributed by atoms with van der Waals surface area (Å²) in [7, 11) is -10.5. The molecule has 0 aromatic rings. The van der Waals surface area contributed by atoms with Gasteiger partial charge in [0.2, 0.25) is 0 Å². The van der Waals surface area contributed by atoms with E-state index in [9.17, 15) is 30.0 Å². The van der Waals surface area contributed by atoms with E-state index in [4.69, 9.17) is 0 Å². The van der Waals surface area contributed by atoms with Crippen LogP contribution in [0.5, 0.6) is 0 Å². The van der Waals surface area contributed by atoms with Gasteiger partial charge in [0.1, 0.15) is 0 Å². The Morgan fingerprint density at radius 1 is 1.14 bits per heavy atom. The Bertz CT molecular complexity index is 381. The first-order chi connectivity index (χ1) is 6.02. The van der Waals surface area contributed by atoms with Gasteiger partial charge in [-0.2, -0.15) is 13.2 Å². The van der Waals surface area contributed by atoms with E-state index >= 15 is 0 Å². The van der Waals surface area contributed by atoms with E-state index in [1.807, 2.05) is 4.13 Å². The summed E-state index contributed by atoms with van der Waals surface area (Å²) in [6.07, 6.45) is -0.0147. The smallest absolute Gasteiger partial charge is 0.428 e. The van der Waals surface area contributed by atoms with Gasteiger partial charge in [-0.15, -0.1) is 0 Å². The minimum atomic E-state index is -5.94. The van der Waals surface area contributed by atoms with Gasteiger partial charge in [-0.05, 0) is 6.42 Å². The van der Waals surface area contributed by atoms with Crippen molar-refractivity contribution in [3.8, 4) is 0 Å². The fourth-order valence-electron chi connectivity index (χ4n) is 0.487. The second-order valence-corrected chi connectivity index (χ2v) is 5.86. The molecule has 0 rings (SSSR count). The van der Waals surface area contributed by atoms with Crippen LogP contribution < -0.4 is 0 Å². The first-order valence-corrected chi connectivity index (χ1v) is 6.35. The molecule has 86 valence electrons. The third kappa shape index (κ3) is 3.80. The highest BCUT2D eigenvalue weighted by atomic mass is 32.3. The highest BCUT2D eigenvalue weighted by molar-refractivity contribution is 8.12. The van der Waals surface area contributed by atoms with Gasteiger partial charge in [0.25, 0.3) is 0 Å². The Labute approximate surface area is 79.4 Å². The predicted molar refractivity (Wildman–Crippen MR) is 42.4 cm³/mol. The third-order valence-electron chi connectivity index (χ3n) is 0.966. The molecule has 0 saturated carbocycles. The molecule has 14 heavy (non-hydrogen) atoms. The molecule has 0 bridgehead atoms. The van der Waals surface area contributed by atoms with Crippen molar-refractivity contribution in [2.24, 2.45) is 0 Å². The minimum Gasteiger partial charge on any atom is -0.428 e. The van der Waals surface area contributed by atoms with Gasteiger partial charge in [0.15, 0.2) is 10.0 Å². The van der Waals surface area contributed by atoms with Gasteiger partial charge in [0.05, 0.1) is 10.0 Å². The molecule has 5 nitrogen and oxygen atoms in total. The summed E-state index contributed by atoms with van der Waals surface area (Å²) in [5.74, 6) is -0.734. The van der Waals surface area contributed by atoms with Crippen LogP contribution in [0.3, 0.4) is 0 Å². The molecule has 0 unspecified atom stereocenters. The molecule has 0 aliphatic carbocycles. The number of rotatable bonds is 4. The average molecular weight is 254 g/mol. The van der Waals surface area contributed by atoms with Crippen molar-refractivity contribution >= 4 is 20.0 Å². The Balaban J connectivity index is 4.89. The Morgan fingerprint density at radius 2 is 1.57 bits per heavy atom. The van der Waals surface area contributed by atoms with Crippen molar-refractivity contribution in [1.29, 1.82) is 0 Å². The number of hydrogen-bond donors (Lipinski definition) is 0. The lowest BCUT2D eigenvalue weighted by atomic mass is 10.6. The maximum atomic E-state index is 11.7. The Kier molecular flexibility index (Phi) is 3.93. The van der Waals surface area contributed by atoms with Crippen molar-refractivity contribution in [3.63, 3.8) is 0 Å². The zero-order valence-electron chi connectivity index (χ0n) is 6.94. The Morgan fingerprint density at radius 3 is 1.86 bits per heavy atom. The lowest BCUT2D eigenvalue weighted by Crippen LogP contribution is -2.24. The SMILES string of the molecule is CCCS(=O)(=O)[N-]S(=O)(=O)C(F)(F)F. The zero-order chi connectivity index (χ0) is 11.6. The summed E-state index contributed by atoms with van der Waals surface area (Å²) in [4.78, 5) is 0. The van der Waals surface area contributed by atoms with Crippen LogP contribution >= 0.6 is 0 Å². The lowest BCUT2D eigenvalue weighted by Gasteiger charge is -2.21. The number of nitrogens with zero attached hydrogens (tertiary/aromatic N) is 1. The van der Waals surface area contributed by atoms with Crippen molar-refractivity contribution in [3.05, 3.63) is 4.13 Å². The molecule has 0 amide bonds. The van der Waals surface area contributed by atoms with Crippen LogP contribution in [0.15, 0.2) is 0 Å². The van der Waals surface area contributed by atoms with E-state index in [0.717, 1.165) is 0 Å². The van der Waals surface area contributed by atoms with Crippen LogP contribution in [-0.4, -0.2) is 28.1 Å². The van der Waals surface area contributed by atoms with E-state index in [2.05, 4.69) is 0 Å². The number of halogens is 3. The standard InChI is InChI=1S/C4H7F3NO4S2/c1-2-3-13(9,10)8-14(11,12)4(5,6)7/h2-3H2,1H3/q-1. The largest absolute Gasteiger partial charge is 0.480 e. The van der Waals surface area contributed by atoms with Crippen molar-refractivity contribution in [1.82, 2.24) is 0 Å². The fourth-order valence-corrected chi connectivity index (χ4v) is 2.84. The van der Waals surface area contributed by atoms with E-state index in [0.29, 0.717) is 0 Å². The molecule has 0 fully saturated rings. The highest BCUT2D eigenvalue weighted by Gasteiger charge is 2.40. The second kappa shape index (κ2) is 4.03. The molecular formula is C4H7F3NO4S2-.